The number of nitrogens with two attached hydrogens (primary N) is 1. The van der Waals surface area contributed by atoms with E-state index in [1.165, 1.54) is 0 Å². The van der Waals surface area contributed by atoms with Crippen LogP contribution < -0.4 is 16.6 Å². The Balaban J connectivity index is 1.89. The second kappa shape index (κ2) is 5.15. The number of aryl methyl sites for hydroxylation is 1. The van der Waals surface area contributed by atoms with Crippen LogP contribution in [0.1, 0.15) is 23.2 Å². The van der Waals surface area contributed by atoms with Crippen LogP contribution >= 0.6 is 0 Å². The molecule has 0 unspecified atom stereocenters. The van der Waals surface area contributed by atoms with Crippen molar-refractivity contribution >= 4 is 17.5 Å². The molecule has 3 rings (SSSR count). The molecule has 0 amide bonds. The Morgan fingerprint density at radius 2 is 1.95 bits per heavy atom. The first-order valence-electron chi connectivity index (χ1n) is 6.44. The quantitative estimate of drug-likeness (QED) is 0.579. The SMILES string of the molecule is N#Cc1ccc(Nc2nc3c(c(NN)n2)CCC3)cc1. The summed E-state index contributed by atoms with van der Waals surface area (Å²) in [5.41, 5.74) is 6.25. The van der Waals surface area contributed by atoms with E-state index in [9.17, 15) is 0 Å². The first-order chi connectivity index (χ1) is 9.80. The lowest BCUT2D eigenvalue weighted by Gasteiger charge is -2.10. The average Bonchev–Trinajstić information content (AvgIpc) is 2.95. The van der Waals surface area contributed by atoms with E-state index >= 15 is 0 Å². The minimum absolute atomic E-state index is 0.517. The summed E-state index contributed by atoms with van der Waals surface area (Å²) in [5, 5.41) is 11.9. The molecular weight excluding hydrogens is 252 g/mol. The van der Waals surface area contributed by atoms with Crippen molar-refractivity contribution in [2.45, 2.75) is 19.3 Å². The predicted molar refractivity (Wildman–Crippen MR) is 76.3 cm³/mol. The summed E-state index contributed by atoms with van der Waals surface area (Å²) in [6.07, 6.45) is 3.00. The van der Waals surface area contributed by atoms with Crippen molar-refractivity contribution in [1.29, 1.82) is 5.26 Å². The van der Waals surface area contributed by atoms with Crippen LogP contribution in [-0.2, 0) is 12.8 Å². The van der Waals surface area contributed by atoms with Crippen LogP contribution in [0.5, 0.6) is 0 Å². The molecule has 6 nitrogen and oxygen atoms in total. The van der Waals surface area contributed by atoms with Gasteiger partial charge in [0.15, 0.2) is 0 Å². The fraction of sp³-hybridized carbons (Fsp3) is 0.214. The summed E-state index contributed by atoms with van der Waals surface area (Å²) in [6.45, 7) is 0. The van der Waals surface area contributed by atoms with Gasteiger partial charge in [-0.3, -0.25) is 0 Å². The van der Waals surface area contributed by atoms with Crippen LogP contribution in [-0.4, -0.2) is 9.97 Å². The number of rotatable bonds is 3. The third-order valence-electron chi connectivity index (χ3n) is 3.34. The van der Waals surface area contributed by atoms with Crippen molar-refractivity contribution < 1.29 is 0 Å². The van der Waals surface area contributed by atoms with Crippen molar-refractivity contribution in [2.75, 3.05) is 10.7 Å². The summed E-state index contributed by atoms with van der Waals surface area (Å²) in [6, 6.07) is 9.23. The maximum atomic E-state index is 8.78. The molecule has 0 spiro atoms. The average molecular weight is 266 g/mol. The molecule has 0 aliphatic heterocycles. The number of anilines is 3. The summed E-state index contributed by atoms with van der Waals surface area (Å²) >= 11 is 0. The maximum absolute atomic E-state index is 8.78. The molecule has 1 aliphatic rings. The predicted octanol–water partition coefficient (Wildman–Crippen LogP) is 1.87. The topological polar surface area (TPSA) is 99.7 Å². The molecule has 0 bridgehead atoms. The first-order valence-corrected chi connectivity index (χ1v) is 6.44. The zero-order valence-electron chi connectivity index (χ0n) is 10.8. The van der Waals surface area contributed by atoms with Crippen molar-refractivity contribution in [3.8, 4) is 6.07 Å². The minimum atomic E-state index is 0.517. The molecule has 0 radical (unpaired) electrons. The number of aromatic nitrogens is 2. The van der Waals surface area contributed by atoms with Gasteiger partial charge in [0.2, 0.25) is 5.95 Å². The summed E-state index contributed by atoms with van der Waals surface area (Å²) in [5.74, 6) is 6.72. The molecule has 0 saturated heterocycles. The first kappa shape index (κ1) is 12.4. The van der Waals surface area contributed by atoms with Crippen molar-refractivity contribution in [1.82, 2.24) is 9.97 Å². The highest BCUT2D eigenvalue weighted by Crippen LogP contribution is 2.27. The van der Waals surface area contributed by atoms with Gasteiger partial charge in [-0.2, -0.15) is 10.2 Å². The van der Waals surface area contributed by atoms with E-state index in [1.54, 1.807) is 12.1 Å². The number of nitrogens with zero attached hydrogens (tertiary/aromatic N) is 3. The van der Waals surface area contributed by atoms with Crippen LogP contribution in [0.2, 0.25) is 0 Å². The zero-order chi connectivity index (χ0) is 13.9. The highest BCUT2D eigenvalue weighted by atomic mass is 15.3. The normalized spacial score (nSPS) is 12.6. The third-order valence-corrected chi connectivity index (χ3v) is 3.34. The van der Waals surface area contributed by atoms with Crippen LogP contribution in [0.15, 0.2) is 24.3 Å². The summed E-state index contributed by atoms with van der Waals surface area (Å²) < 4.78 is 0. The number of hydrogen-bond acceptors (Lipinski definition) is 6. The Morgan fingerprint density at radius 3 is 2.65 bits per heavy atom. The van der Waals surface area contributed by atoms with Crippen molar-refractivity contribution in [3.05, 3.63) is 41.1 Å². The summed E-state index contributed by atoms with van der Waals surface area (Å²) in [7, 11) is 0. The molecule has 6 heteroatoms. The van der Waals surface area contributed by atoms with Gasteiger partial charge in [-0.1, -0.05) is 0 Å². The van der Waals surface area contributed by atoms with Gasteiger partial charge in [0, 0.05) is 11.3 Å². The Bertz CT molecular complexity index is 671. The Morgan fingerprint density at radius 1 is 1.15 bits per heavy atom. The lowest BCUT2D eigenvalue weighted by atomic mass is 10.2. The van der Waals surface area contributed by atoms with E-state index in [0.29, 0.717) is 17.3 Å². The zero-order valence-corrected chi connectivity index (χ0v) is 10.8. The molecule has 0 saturated carbocycles. The molecule has 2 aromatic rings. The molecule has 0 fully saturated rings. The fourth-order valence-corrected chi connectivity index (χ4v) is 2.36. The highest BCUT2D eigenvalue weighted by Gasteiger charge is 2.18. The van der Waals surface area contributed by atoms with Crippen LogP contribution in [0.25, 0.3) is 0 Å². The molecule has 1 aromatic heterocycles. The van der Waals surface area contributed by atoms with E-state index < -0.39 is 0 Å². The monoisotopic (exact) mass is 266 g/mol. The van der Waals surface area contributed by atoms with E-state index in [4.69, 9.17) is 11.1 Å². The van der Waals surface area contributed by atoms with Crippen molar-refractivity contribution in [3.63, 3.8) is 0 Å². The van der Waals surface area contributed by atoms with Crippen LogP contribution in [0.3, 0.4) is 0 Å². The lowest BCUT2D eigenvalue weighted by Crippen LogP contribution is -2.13. The van der Waals surface area contributed by atoms with Gasteiger partial charge >= 0.3 is 0 Å². The standard InChI is InChI=1S/C14H14N6/c15-8-9-4-6-10(7-5-9)17-14-18-12-3-1-2-11(12)13(19-14)20-16/h4-7H,1-3,16H2,(H2,17,18,19,20). The second-order valence-corrected chi connectivity index (χ2v) is 4.63. The number of nitriles is 1. The van der Waals surface area contributed by atoms with Gasteiger partial charge in [0.25, 0.3) is 0 Å². The molecule has 1 heterocycles. The van der Waals surface area contributed by atoms with Crippen molar-refractivity contribution in [2.24, 2.45) is 5.84 Å². The number of nitrogen functional groups attached to an aromatic ring is 1. The van der Waals surface area contributed by atoms with Gasteiger partial charge in [-0.25, -0.2) is 10.8 Å². The molecule has 1 aliphatic carbocycles. The van der Waals surface area contributed by atoms with Gasteiger partial charge in [0.1, 0.15) is 5.82 Å². The number of nitrogens with one attached hydrogen (secondary N) is 2. The van der Waals surface area contributed by atoms with E-state index in [2.05, 4.69) is 26.8 Å². The van der Waals surface area contributed by atoms with E-state index in [-0.39, 0.29) is 0 Å². The Kier molecular flexibility index (Phi) is 3.19. The number of hydrazine groups is 1. The van der Waals surface area contributed by atoms with Gasteiger partial charge in [-0.05, 0) is 43.5 Å². The van der Waals surface area contributed by atoms with Gasteiger partial charge in [0.05, 0.1) is 17.3 Å². The molecule has 20 heavy (non-hydrogen) atoms. The molecule has 100 valence electrons. The fourth-order valence-electron chi connectivity index (χ4n) is 2.36. The number of hydrogen-bond donors (Lipinski definition) is 3. The van der Waals surface area contributed by atoms with E-state index in [0.717, 1.165) is 36.2 Å². The number of fused-ring (bicyclic) bond motifs is 1. The Labute approximate surface area is 116 Å². The molecule has 0 atom stereocenters. The van der Waals surface area contributed by atoms with Gasteiger partial charge in [-0.15, -0.1) is 0 Å². The smallest absolute Gasteiger partial charge is 0.229 e. The van der Waals surface area contributed by atoms with Gasteiger partial charge < -0.3 is 10.7 Å². The summed E-state index contributed by atoms with van der Waals surface area (Å²) in [4.78, 5) is 8.89. The highest BCUT2D eigenvalue weighted by molar-refractivity contribution is 5.58. The minimum Gasteiger partial charge on any atom is -0.324 e. The molecular formula is C14H14N6. The maximum Gasteiger partial charge on any atom is 0.229 e. The Hall–Kier alpha value is -2.65. The third kappa shape index (κ3) is 2.27. The molecule has 1 aromatic carbocycles. The number of benzene rings is 1. The molecule has 4 N–H and O–H groups in total. The van der Waals surface area contributed by atoms with E-state index in [1.807, 2.05) is 12.1 Å². The lowest BCUT2D eigenvalue weighted by molar-refractivity contribution is 0.900. The largest absolute Gasteiger partial charge is 0.324 e. The van der Waals surface area contributed by atoms with Crippen LogP contribution in [0.4, 0.5) is 17.5 Å². The second-order valence-electron chi connectivity index (χ2n) is 4.63. The van der Waals surface area contributed by atoms with Crippen LogP contribution in [0, 0.1) is 11.3 Å².